The highest BCUT2D eigenvalue weighted by Gasteiger charge is 1.98. The van der Waals surface area contributed by atoms with Crippen molar-refractivity contribution < 1.29 is 14.2 Å². The molecule has 0 saturated carbocycles. The minimum atomic E-state index is -0.502. The van der Waals surface area contributed by atoms with E-state index in [1.54, 1.807) is 24.3 Å². The quantitative estimate of drug-likeness (QED) is 0.836. The number of ether oxygens (including phenoxy) is 1. The number of phenols is 1. The zero-order valence-electron chi connectivity index (χ0n) is 8.11. The maximum Gasteiger partial charge on any atom is 0.123 e. The summed E-state index contributed by atoms with van der Waals surface area (Å²) in [4.78, 5) is 0. The van der Waals surface area contributed by atoms with Crippen molar-refractivity contribution in [2.24, 2.45) is 0 Å². The number of benzene rings is 2. The number of fused-ring (bicyclic) bond motifs is 1. The fourth-order valence-electron chi connectivity index (χ4n) is 1.46. The average Bonchev–Trinajstić information content (AvgIpc) is 2.25. The number of halogens is 1. The second kappa shape index (κ2) is 4.17. The van der Waals surface area contributed by atoms with Crippen molar-refractivity contribution in [1.82, 2.24) is 0 Å². The van der Waals surface area contributed by atoms with Crippen molar-refractivity contribution in [3.05, 3.63) is 36.4 Å². The van der Waals surface area contributed by atoms with Crippen LogP contribution in [0.25, 0.3) is 10.8 Å². The van der Waals surface area contributed by atoms with Gasteiger partial charge in [-0.25, -0.2) is 4.39 Å². The second-order valence-corrected chi connectivity index (χ2v) is 3.23. The predicted octanol–water partition coefficient (Wildman–Crippen LogP) is 2.89. The lowest BCUT2D eigenvalue weighted by atomic mass is 10.1. The SMILES string of the molecule is Oc1ccc2ccc(OCCF)cc2c1. The van der Waals surface area contributed by atoms with Gasteiger partial charge in [-0.3, -0.25) is 0 Å². The van der Waals surface area contributed by atoms with Gasteiger partial charge in [0.15, 0.2) is 0 Å². The molecule has 0 bridgehead atoms. The smallest absolute Gasteiger partial charge is 0.123 e. The molecule has 15 heavy (non-hydrogen) atoms. The maximum atomic E-state index is 11.9. The van der Waals surface area contributed by atoms with Gasteiger partial charge in [-0.1, -0.05) is 12.1 Å². The van der Waals surface area contributed by atoms with Crippen molar-refractivity contribution in [3.8, 4) is 11.5 Å². The van der Waals surface area contributed by atoms with Gasteiger partial charge in [-0.2, -0.15) is 0 Å². The monoisotopic (exact) mass is 206 g/mol. The summed E-state index contributed by atoms with van der Waals surface area (Å²) in [5, 5.41) is 11.2. The molecule has 0 aliphatic rings. The van der Waals surface area contributed by atoms with Crippen LogP contribution in [0, 0.1) is 0 Å². The third-order valence-corrected chi connectivity index (χ3v) is 2.14. The van der Waals surface area contributed by atoms with Crippen LogP contribution < -0.4 is 4.74 Å². The molecule has 0 heterocycles. The highest BCUT2D eigenvalue weighted by Crippen LogP contribution is 2.24. The fourth-order valence-corrected chi connectivity index (χ4v) is 1.46. The van der Waals surface area contributed by atoms with E-state index in [4.69, 9.17) is 4.74 Å². The summed E-state index contributed by atoms with van der Waals surface area (Å²) in [5.41, 5.74) is 0. The lowest BCUT2D eigenvalue weighted by Gasteiger charge is -2.05. The van der Waals surface area contributed by atoms with Gasteiger partial charge >= 0.3 is 0 Å². The van der Waals surface area contributed by atoms with Crippen LogP contribution in [0.1, 0.15) is 0 Å². The molecule has 78 valence electrons. The van der Waals surface area contributed by atoms with Crippen LogP contribution in [0.15, 0.2) is 36.4 Å². The second-order valence-electron chi connectivity index (χ2n) is 3.23. The summed E-state index contributed by atoms with van der Waals surface area (Å²) in [7, 11) is 0. The van der Waals surface area contributed by atoms with Crippen molar-refractivity contribution in [2.75, 3.05) is 13.3 Å². The van der Waals surface area contributed by atoms with Crippen molar-refractivity contribution >= 4 is 10.8 Å². The van der Waals surface area contributed by atoms with E-state index in [2.05, 4.69) is 0 Å². The third-order valence-electron chi connectivity index (χ3n) is 2.14. The summed E-state index contributed by atoms with van der Waals surface area (Å²) >= 11 is 0. The summed E-state index contributed by atoms with van der Waals surface area (Å²) in [6, 6.07) is 10.5. The molecular weight excluding hydrogens is 195 g/mol. The Morgan fingerprint density at radius 3 is 2.67 bits per heavy atom. The van der Waals surface area contributed by atoms with Crippen LogP contribution in [0.5, 0.6) is 11.5 Å². The Balaban J connectivity index is 2.36. The molecular formula is C12H11FO2. The summed E-state index contributed by atoms with van der Waals surface area (Å²) in [6.45, 7) is -0.442. The predicted molar refractivity (Wildman–Crippen MR) is 57.1 cm³/mol. The van der Waals surface area contributed by atoms with E-state index in [1.165, 1.54) is 0 Å². The van der Waals surface area contributed by atoms with E-state index in [0.717, 1.165) is 10.8 Å². The molecule has 2 aromatic carbocycles. The first kappa shape index (κ1) is 9.77. The molecule has 1 N–H and O–H groups in total. The Hall–Kier alpha value is -1.77. The Morgan fingerprint density at radius 1 is 1.07 bits per heavy atom. The maximum absolute atomic E-state index is 11.9. The highest BCUT2D eigenvalue weighted by atomic mass is 19.1. The Labute approximate surface area is 86.9 Å². The molecule has 0 aliphatic carbocycles. The molecule has 2 aromatic rings. The Kier molecular flexibility index (Phi) is 2.72. The van der Waals surface area contributed by atoms with E-state index in [0.29, 0.717) is 5.75 Å². The fraction of sp³-hybridized carbons (Fsp3) is 0.167. The van der Waals surface area contributed by atoms with Gasteiger partial charge in [0, 0.05) is 0 Å². The molecule has 0 aliphatic heterocycles. The molecule has 2 nitrogen and oxygen atoms in total. The van der Waals surface area contributed by atoms with E-state index < -0.39 is 6.67 Å². The molecule has 0 aromatic heterocycles. The first-order valence-electron chi connectivity index (χ1n) is 4.71. The van der Waals surface area contributed by atoms with Gasteiger partial charge in [-0.15, -0.1) is 0 Å². The zero-order chi connectivity index (χ0) is 10.7. The highest BCUT2D eigenvalue weighted by molar-refractivity contribution is 5.85. The number of hydrogen-bond acceptors (Lipinski definition) is 2. The topological polar surface area (TPSA) is 29.5 Å². The van der Waals surface area contributed by atoms with Gasteiger partial charge in [0.05, 0.1) is 0 Å². The van der Waals surface area contributed by atoms with E-state index in [1.807, 2.05) is 12.1 Å². The van der Waals surface area contributed by atoms with Crippen molar-refractivity contribution in [2.45, 2.75) is 0 Å². The van der Waals surface area contributed by atoms with Crippen LogP contribution in [-0.4, -0.2) is 18.4 Å². The minimum Gasteiger partial charge on any atom is -0.508 e. The third kappa shape index (κ3) is 2.18. The number of phenolic OH excluding ortho intramolecular Hbond substituents is 1. The van der Waals surface area contributed by atoms with Crippen LogP contribution in [-0.2, 0) is 0 Å². The van der Waals surface area contributed by atoms with Crippen molar-refractivity contribution in [3.63, 3.8) is 0 Å². The standard InChI is InChI=1S/C12H11FO2/c13-5-6-15-12-4-2-9-1-3-11(14)7-10(9)8-12/h1-4,7-8,14H,5-6H2. The molecule has 0 atom stereocenters. The number of alkyl halides is 1. The summed E-state index contributed by atoms with van der Waals surface area (Å²) in [5.74, 6) is 0.830. The molecule has 0 fully saturated rings. The van der Waals surface area contributed by atoms with Crippen LogP contribution in [0.4, 0.5) is 4.39 Å². The molecule has 0 radical (unpaired) electrons. The number of aromatic hydroxyl groups is 1. The first-order valence-corrected chi connectivity index (χ1v) is 4.71. The van der Waals surface area contributed by atoms with Crippen molar-refractivity contribution in [1.29, 1.82) is 0 Å². The minimum absolute atomic E-state index is 0.0598. The zero-order valence-corrected chi connectivity index (χ0v) is 8.11. The van der Waals surface area contributed by atoms with Crippen LogP contribution in [0.2, 0.25) is 0 Å². The van der Waals surface area contributed by atoms with E-state index in [-0.39, 0.29) is 12.4 Å². The number of rotatable bonds is 3. The molecule has 0 unspecified atom stereocenters. The lowest BCUT2D eigenvalue weighted by Crippen LogP contribution is -1.98. The Morgan fingerprint density at radius 2 is 1.87 bits per heavy atom. The molecule has 0 spiro atoms. The normalized spacial score (nSPS) is 10.5. The Bertz CT molecular complexity index is 468. The van der Waals surface area contributed by atoms with Crippen LogP contribution >= 0.6 is 0 Å². The van der Waals surface area contributed by atoms with Gasteiger partial charge in [0.2, 0.25) is 0 Å². The first-order chi connectivity index (χ1) is 7.29. The number of hydrogen-bond donors (Lipinski definition) is 1. The lowest BCUT2D eigenvalue weighted by molar-refractivity contribution is 0.273. The van der Waals surface area contributed by atoms with Crippen LogP contribution in [0.3, 0.4) is 0 Å². The molecule has 3 heteroatoms. The van der Waals surface area contributed by atoms with E-state index in [9.17, 15) is 9.50 Å². The molecule has 2 rings (SSSR count). The average molecular weight is 206 g/mol. The molecule has 0 amide bonds. The largest absolute Gasteiger partial charge is 0.508 e. The molecule has 0 saturated heterocycles. The summed E-state index contributed by atoms with van der Waals surface area (Å²) < 4.78 is 17.0. The summed E-state index contributed by atoms with van der Waals surface area (Å²) in [6.07, 6.45) is 0. The van der Waals surface area contributed by atoms with Gasteiger partial charge in [0.25, 0.3) is 0 Å². The van der Waals surface area contributed by atoms with Gasteiger partial charge in [0.1, 0.15) is 24.8 Å². The van der Waals surface area contributed by atoms with Gasteiger partial charge < -0.3 is 9.84 Å². The van der Waals surface area contributed by atoms with Gasteiger partial charge in [-0.05, 0) is 35.0 Å². The van der Waals surface area contributed by atoms with E-state index >= 15 is 0 Å².